The van der Waals surface area contributed by atoms with Gasteiger partial charge in [-0.1, -0.05) is 0 Å². The Morgan fingerprint density at radius 1 is 1.19 bits per heavy atom. The van der Waals surface area contributed by atoms with Gasteiger partial charge in [0.1, 0.15) is 23.1 Å². The summed E-state index contributed by atoms with van der Waals surface area (Å²) in [5, 5.41) is 22.8. The van der Waals surface area contributed by atoms with Crippen LogP contribution in [0.1, 0.15) is 18.4 Å². The molecule has 9 heteroatoms. The lowest BCUT2D eigenvalue weighted by atomic mass is 10.1. The second-order valence-electron chi connectivity index (χ2n) is 5.62. The van der Waals surface area contributed by atoms with Crippen LogP contribution in [0.2, 0.25) is 0 Å². The monoisotopic (exact) mass is 379 g/mol. The molecule has 3 aromatic rings. The highest BCUT2D eigenvalue weighted by atomic mass is 35.5. The number of fused-ring (bicyclic) bond motifs is 1. The van der Waals surface area contributed by atoms with Crippen molar-refractivity contribution in [2.75, 3.05) is 0 Å². The number of rotatable bonds is 4. The third-order valence-corrected chi connectivity index (χ3v) is 3.72. The van der Waals surface area contributed by atoms with E-state index in [1.54, 1.807) is 13.0 Å². The summed E-state index contributed by atoms with van der Waals surface area (Å²) in [7, 11) is 0. The van der Waals surface area contributed by atoms with Crippen molar-refractivity contribution in [2.24, 2.45) is 0 Å². The van der Waals surface area contributed by atoms with Gasteiger partial charge in [-0.05, 0) is 30.7 Å². The minimum atomic E-state index is -1.09. The number of halogens is 2. The van der Waals surface area contributed by atoms with Crippen molar-refractivity contribution in [1.29, 1.82) is 0 Å². The van der Waals surface area contributed by atoms with Crippen LogP contribution in [0.15, 0.2) is 35.4 Å². The van der Waals surface area contributed by atoms with Gasteiger partial charge < -0.3 is 10.2 Å². The van der Waals surface area contributed by atoms with E-state index in [1.807, 2.05) is 0 Å². The molecular weight excluding hydrogens is 365 g/mol. The number of carboxylic acids is 1. The fraction of sp³-hybridized carbons (Fsp3) is 0.176. The van der Waals surface area contributed by atoms with Crippen molar-refractivity contribution in [3.8, 4) is 11.3 Å². The molecule has 0 radical (unpaired) electrons. The van der Waals surface area contributed by atoms with Crippen molar-refractivity contribution in [1.82, 2.24) is 14.6 Å². The van der Waals surface area contributed by atoms with E-state index in [-0.39, 0.29) is 41.9 Å². The Labute approximate surface area is 152 Å². The smallest absolute Gasteiger partial charge is 0.303 e. The average Bonchev–Trinajstić information content (AvgIpc) is 2.99. The van der Waals surface area contributed by atoms with Gasteiger partial charge in [-0.25, -0.2) is 13.9 Å². The second kappa shape index (κ2) is 7.49. The molecule has 0 aliphatic carbocycles. The van der Waals surface area contributed by atoms with E-state index in [2.05, 4.69) is 10.1 Å². The number of aliphatic hydroxyl groups is 1. The fourth-order valence-electron chi connectivity index (χ4n) is 2.67. The van der Waals surface area contributed by atoms with Gasteiger partial charge in [0.2, 0.25) is 0 Å². The normalized spacial score (nSPS) is 11.9. The zero-order valence-corrected chi connectivity index (χ0v) is 14.5. The van der Waals surface area contributed by atoms with Crippen LogP contribution in [-0.4, -0.2) is 30.8 Å². The van der Waals surface area contributed by atoms with Gasteiger partial charge in [-0.3, -0.25) is 9.59 Å². The Bertz CT molecular complexity index is 1080. The van der Waals surface area contributed by atoms with Crippen LogP contribution in [0.25, 0.3) is 22.7 Å². The summed E-state index contributed by atoms with van der Waals surface area (Å²) >= 11 is 0. The molecule has 1 aromatic carbocycles. The predicted molar refractivity (Wildman–Crippen MR) is 94.8 cm³/mol. The molecular formula is C17H15ClFN3O4. The lowest BCUT2D eigenvalue weighted by molar-refractivity contribution is -0.136. The summed E-state index contributed by atoms with van der Waals surface area (Å²) in [6, 6.07) is 5.56. The minimum absolute atomic E-state index is 0. The van der Waals surface area contributed by atoms with Crippen LogP contribution in [-0.2, 0) is 4.79 Å². The first-order chi connectivity index (χ1) is 11.9. The van der Waals surface area contributed by atoms with Crippen LogP contribution < -0.4 is 10.6 Å². The van der Waals surface area contributed by atoms with Crippen molar-refractivity contribution in [2.45, 2.75) is 19.8 Å². The number of aryl methyl sites for hydroxylation is 1. The van der Waals surface area contributed by atoms with Gasteiger partial charge in [0.15, 0.2) is 11.1 Å². The van der Waals surface area contributed by atoms with Crippen LogP contribution in [0, 0.1) is 12.7 Å². The number of aliphatic carboxylic acids is 1. The molecule has 0 aliphatic rings. The van der Waals surface area contributed by atoms with Gasteiger partial charge in [0.25, 0.3) is 0 Å². The topological polar surface area (TPSA) is 105 Å². The van der Waals surface area contributed by atoms with E-state index in [0.29, 0.717) is 16.8 Å². The van der Waals surface area contributed by atoms with Gasteiger partial charge in [-0.15, -0.1) is 12.4 Å². The van der Waals surface area contributed by atoms with Crippen molar-refractivity contribution < 1.29 is 19.4 Å². The van der Waals surface area contributed by atoms with Crippen molar-refractivity contribution >= 4 is 29.8 Å². The molecule has 7 nitrogen and oxygen atoms in total. The molecule has 0 bridgehead atoms. The molecule has 0 spiro atoms. The number of carbonyl (C=O) groups is 1. The number of nitrogens with zero attached hydrogens (tertiary/aromatic N) is 3. The molecule has 2 N–H and O–H groups in total. The first kappa shape index (κ1) is 19.3. The zero-order chi connectivity index (χ0) is 18.1. The van der Waals surface area contributed by atoms with Gasteiger partial charge in [0.05, 0.1) is 12.1 Å². The van der Waals surface area contributed by atoms with E-state index < -0.39 is 17.2 Å². The minimum Gasteiger partial charge on any atom is -0.511 e. The standard InChI is InChI=1S/C17H14FN3O4.ClH/c1-9-4-10(6-11(18)5-9)12-7-14(23)16(13(22)2-3-15(24)25)17-19-8-20-21(12)17;/h4-8,22H,2-3H2,1H3,(H,24,25);1H. The number of pyridine rings is 1. The summed E-state index contributed by atoms with van der Waals surface area (Å²) in [5.41, 5.74) is 1.000. The largest absolute Gasteiger partial charge is 0.511 e. The molecule has 0 fully saturated rings. The SMILES string of the molecule is Cc1cc(F)cc(-c2cc(=O)c(=C(O)CCC(=O)O)c3ncnn23)c1.Cl. The summed E-state index contributed by atoms with van der Waals surface area (Å²) in [6.07, 6.45) is 0.681. The number of hydrogen-bond acceptors (Lipinski definition) is 5. The molecule has 3 rings (SSSR count). The molecule has 136 valence electrons. The highest BCUT2D eigenvalue weighted by Crippen LogP contribution is 2.20. The van der Waals surface area contributed by atoms with E-state index in [1.165, 1.54) is 29.0 Å². The molecule has 0 saturated heterocycles. The maximum atomic E-state index is 13.7. The number of hydrogen-bond donors (Lipinski definition) is 2. The molecule has 0 unspecified atom stereocenters. The molecule has 0 amide bonds. The molecule has 0 saturated carbocycles. The molecule has 26 heavy (non-hydrogen) atoms. The van der Waals surface area contributed by atoms with Crippen LogP contribution >= 0.6 is 12.4 Å². The maximum Gasteiger partial charge on any atom is 0.303 e. The first-order valence-corrected chi connectivity index (χ1v) is 7.45. The molecule has 0 atom stereocenters. The number of benzene rings is 1. The van der Waals surface area contributed by atoms with Gasteiger partial charge >= 0.3 is 5.97 Å². The fourth-order valence-corrected chi connectivity index (χ4v) is 2.67. The Kier molecular flexibility index (Phi) is 5.56. The van der Waals surface area contributed by atoms with Crippen LogP contribution in [0.5, 0.6) is 0 Å². The van der Waals surface area contributed by atoms with Gasteiger partial charge in [0, 0.05) is 18.1 Å². The number of aromatic nitrogens is 3. The first-order valence-electron chi connectivity index (χ1n) is 7.45. The Morgan fingerprint density at radius 2 is 1.92 bits per heavy atom. The van der Waals surface area contributed by atoms with E-state index in [0.717, 1.165) is 0 Å². The Hall–Kier alpha value is -3.00. The molecule has 0 aliphatic heterocycles. The summed E-state index contributed by atoms with van der Waals surface area (Å²) in [4.78, 5) is 27.1. The highest BCUT2D eigenvalue weighted by molar-refractivity contribution is 5.85. The lowest BCUT2D eigenvalue weighted by Crippen LogP contribution is -2.30. The predicted octanol–water partition coefficient (Wildman–Crippen LogP) is 1.88. The highest BCUT2D eigenvalue weighted by Gasteiger charge is 2.14. The Balaban J connectivity index is 0.00000243. The van der Waals surface area contributed by atoms with Crippen LogP contribution in [0.3, 0.4) is 0 Å². The molecule has 2 aromatic heterocycles. The molecule has 2 heterocycles. The van der Waals surface area contributed by atoms with E-state index in [4.69, 9.17) is 5.11 Å². The number of aliphatic hydroxyl groups excluding tert-OH is 1. The Morgan fingerprint density at radius 3 is 2.58 bits per heavy atom. The summed E-state index contributed by atoms with van der Waals surface area (Å²) in [6.45, 7) is 1.73. The van der Waals surface area contributed by atoms with Crippen LogP contribution in [0.4, 0.5) is 4.39 Å². The second-order valence-corrected chi connectivity index (χ2v) is 5.62. The van der Waals surface area contributed by atoms with Gasteiger partial charge in [-0.2, -0.15) is 5.10 Å². The van der Waals surface area contributed by atoms with E-state index >= 15 is 0 Å². The van der Waals surface area contributed by atoms with Crippen molar-refractivity contribution in [3.63, 3.8) is 0 Å². The van der Waals surface area contributed by atoms with Crippen molar-refractivity contribution in [3.05, 3.63) is 57.4 Å². The summed E-state index contributed by atoms with van der Waals surface area (Å²) < 4.78 is 15.0. The zero-order valence-electron chi connectivity index (χ0n) is 13.6. The third-order valence-electron chi connectivity index (χ3n) is 3.72. The quantitative estimate of drug-likeness (QED) is 0.717. The maximum absolute atomic E-state index is 13.7. The third kappa shape index (κ3) is 3.65. The lowest BCUT2D eigenvalue weighted by Gasteiger charge is -2.07. The summed E-state index contributed by atoms with van der Waals surface area (Å²) in [5.74, 6) is -1.91. The average molecular weight is 380 g/mol. The van der Waals surface area contributed by atoms with E-state index in [9.17, 15) is 19.1 Å². The number of carboxylic acid groups (broad SMARTS) is 1.